The van der Waals surface area contributed by atoms with E-state index in [9.17, 15) is 0 Å². The van der Waals surface area contributed by atoms with Gasteiger partial charge in [-0.1, -0.05) is 90.9 Å². The maximum absolute atomic E-state index is 2.29. The monoisotopic (exact) mass is 218 g/mol. The van der Waals surface area contributed by atoms with E-state index in [4.69, 9.17) is 0 Å². The zero-order valence-corrected chi connectivity index (χ0v) is 10.9. The molecule has 1 heteroatoms. The molecule has 0 saturated carbocycles. The second-order valence-corrected chi connectivity index (χ2v) is 4.54. The van der Waals surface area contributed by atoms with Gasteiger partial charge in [-0.15, -0.1) is 0 Å². The Morgan fingerprint density at radius 1 is 0.400 bits per heavy atom. The maximum atomic E-state index is 2.29. The second kappa shape index (κ2) is 16.4. The normalized spacial score (nSPS) is 10.0. The van der Waals surface area contributed by atoms with Crippen LogP contribution in [0, 0.1) is 0 Å². The van der Waals surface area contributed by atoms with E-state index in [-0.39, 0.29) is 4.70 Å². The maximum Gasteiger partial charge on any atom is -0.0533 e. The first-order valence-electron chi connectivity index (χ1n) is 6.91. The Kier molecular flexibility index (Phi) is 18.9. The number of hydrogen-bond acceptors (Lipinski definition) is 0. The summed E-state index contributed by atoms with van der Waals surface area (Å²) in [6.07, 6.45) is 17.4. The largest absolute Gasteiger partial charge is 0.269 e. The average molecular weight is 218 g/mol. The van der Waals surface area contributed by atoms with Gasteiger partial charge in [-0.25, -0.2) is 0 Å². The van der Waals surface area contributed by atoms with Crippen LogP contribution in [0.15, 0.2) is 0 Å². The molecule has 0 nitrogen and oxygen atoms in total. The third-order valence-electron chi connectivity index (χ3n) is 2.96. The van der Waals surface area contributed by atoms with Crippen LogP contribution in [0.1, 0.15) is 90.9 Å². The third kappa shape index (κ3) is 16.6. The predicted molar refractivity (Wildman–Crippen MR) is 69.3 cm³/mol. The molecule has 94 valence electrons. The number of halogens is 1. The standard InChI is InChI=1S/C14H30.FH/c1-3-5-7-9-11-13-14-12-10-8-6-4-2;/h3-14H2,1-2H3;1H. The van der Waals surface area contributed by atoms with Gasteiger partial charge in [0.1, 0.15) is 0 Å². The van der Waals surface area contributed by atoms with E-state index in [1.54, 1.807) is 0 Å². The van der Waals surface area contributed by atoms with Gasteiger partial charge in [-0.3, -0.25) is 4.70 Å². The summed E-state index contributed by atoms with van der Waals surface area (Å²) in [5, 5.41) is 0. The first-order valence-corrected chi connectivity index (χ1v) is 6.91. The molecule has 0 saturated heterocycles. The highest BCUT2D eigenvalue weighted by atomic mass is 19.0. The van der Waals surface area contributed by atoms with Crippen molar-refractivity contribution in [3.8, 4) is 0 Å². The molecule has 0 aliphatic heterocycles. The molecule has 0 fully saturated rings. The van der Waals surface area contributed by atoms with Gasteiger partial charge in [-0.05, 0) is 0 Å². The Hall–Kier alpha value is -0.0700. The molecule has 0 aromatic carbocycles. The van der Waals surface area contributed by atoms with Gasteiger partial charge in [0.05, 0.1) is 0 Å². The fourth-order valence-electron chi connectivity index (χ4n) is 1.91. The zero-order valence-electron chi connectivity index (χ0n) is 10.9. The molecule has 0 rings (SSSR count). The minimum Gasteiger partial charge on any atom is -0.269 e. The van der Waals surface area contributed by atoms with Gasteiger partial charge in [0.2, 0.25) is 0 Å². The lowest BCUT2D eigenvalue weighted by Crippen LogP contribution is -1.81. The molecule has 0 aromatic rings. The van der Waals surface area contributed by atoms with Crippen LogP contribution in [-0.4, -0.2) is 0 Å². The summed E-state index contributed by atoms with van der Waals surface area (Å²) in [6.45, 7) is 4.57. The highest BCUT2D eigenvalue weighted by Crippen LogP contribution is 2.11. The molecule has 0 amide bonds. The van der Waals surface area contributed by atoms with Crippen molar-refractivity contribution in [2.75, 3.05) is 0 Å². The molecule has 0 aliphatic carbocycles. The van der Waals surface area contributed by atoms with E-state index >= 15 is 0 Å². The highest BCUT2D eigenvalue weighted by Gasteiger charge is 1.91. The van der Waals surface area contributed by atoms with Gasteiger partial charge in [-0.2, -0.15) is 0 Å². The lowest BCUT2D eigenvalue weighted by Gasteiger charge is -2.01. The summed E-state index contributed by atoms with van der Waals surface area (Å²) in [7, 11) is 0. The van der Waals surface area contributed by atoms with E-state index in [0.29, 0.717) is 0 Å². The van der Waals surface area contributed by atoms with Crippen LogP contribution in [-0.2, 0) is 0 Å². The lowest BCUT2D eigenvalue weighted by molar-refractivity contribution is 0.548. The van der Waals surface area contributed by atoms with Crippen molar-refractivity contribution >= 4 is 0 Å². The summed E-state index contributed by atoms with van der Waals surface area (Å²) in [5.41, 5.74) is 0. The van der Waals surface area contributed by atoms with Crippen molar-refractivity contribution in [3.05, 3.63) is 0 Å². The Bertz CT molecular complexity index is 79.3. The fraction of sp³-hybridized carbons (Fsp3) is 1.00. The van der Waals surface area contributed by atoms with E-state index in [1.807, 2.05) is 0 Å². The van der Waals surface area contributed by atoms with Crippen LogP contribution < -0.4 is 0 Å². The topological polar surface area (TPSA) is 0 Å². The van der Waals surface area contributed by atoms with Crippen LogP contribution in [0.4, 0.5) is 4.70 Å². The summed E-state index contributed by atoms with van der Waals surface area (Å²) in [5.74, 6) is 0. The summed E-state index contributed by atoms with van der Waals surface area (Å²) in [4.78, 5) is 0. The molecular formula is C14H31F. The van der Waals surface area contributed by atoms with Crippen molar-refractivity contribution < 1.29 is 4.70 Å². The highest BCUT2D eigenvalue weighted by molar-refractivity contribution is 4.47. The van der Waals surface area contributed by atoms with Crippen LogP contribution in [0.2, 0.25) is 0 Å². The van der Waals surface area contributed by atoms with Gasteiger partial charge in [0.25, 0.3) is 0 Å². The third-order valence-corrected chi connectivity index (χ3v) is 2.96. The minimum absolute atomic E-state index is 0. The quantitative estimate of drug-likeness (QED) is 0.381. The van der Waals surface area contributed by atoms with Crippen molar-refractivity contribution in [1.29, 1.82) is 0 Å². The Balaban J connectivity index is 0. The Labute approximate surface area is 96.2 Å². The first-order chi connectivity index (χ1) is 6.91. The molecular weight excluding hydrogens is 187 g/mol. The summed E-state index contributed by atoms with van der Waals surface area (Å²) >= 11 is 0. The average Bonchev–Trinajstić information content (AvgIpc) is 2.21. The van der Waals surface area contributed by atoms with Crippen LogP contribution >= 0.6 is 0 Å². The number of unbranched alkanes of at least 4 members (excludes halogenated alkanes) is 11. The van der Waals surface area contributed by atoms with Crippen LogP contribution in [0.3, 0.4) is 0 Å². The Morgan fingerprint density at radius 3 is 0.800 bits per heavy atom. The predicted octanol–water partition coefficient (Wildman–Crippen LogP) is 5.86. The zero-order chi connectivity index (χ0) is 10.5. The number of rotatable bonds is 11. The van der Waals surface area contributed by atoms with E-state index in [0.717, 1.165) is 0 Å². The fourth-order valence-corrected chi connectivity index (χ4v) is 1.91. The first kappa shape index (κ1) is 17.3. The SMILES string of the molecule is CCCCCCCCCCCCCC.F. The van der Waals surface area contributed by atoms with E-state index in [2.05, 4.69) is 13.8 Å². The van der Waals surface area contributed by atoms with Gasteiger partial charge < -0.3 is 0 Å². The van der Waals surface area contributed by atoms with E-state index in [1.165, 1.54) is 77.0 Å². The number of hydrogen-bond donors (Lipinski definition) is 0. The lowest BCUT2D eigenvalue weighted by atomic mass is 10.1. The second-order valence-electron chi connectivity index (χ2n) is 4.54. The molecule has 0 bridgehead atoms. The van der Waals surface area contributed by atoms with Crippen molar-refractivity contribution in [1.82, 2.24) is 0 Å². The van der Waals surface area contributed by atoms with Crippen LogP contribution in [0.5, 0.6) is 0 Å². The minimum atomic E-state index is 0. The molecule has 0 unspecified atom stereocenters. The van der Waals surface area contributed by atoms with Gasteiger partial charge in [0.15, 0.2) is 0 Å². The van der Waals surface area contributed by atoms with Crippen molar-refractivity contribution in [3.63, 3.8) is 0 Å². The van der Waals surface area contributed by atoms with E-state index < -0.39 is 0 Å². The molecule has 0 heterocycles. The Morgan fingerprint density at radius 2 is 0.600 bits per heavy atom. The molecule has 15 heavy (non-hydrogen) atoms. The molecule has 0 aromatic heterocycles. The molecule has 0 spiro atoms. The molecule has 0 atom stereocenters. The van der Waals surface area contributed by atoms with Gasteiger partial charge in [0, 0.05) is 0 Å². The molecule has 0 radical (unpaired) electrons. The van der Waals surface area contributed by atoms with Crippen molar-refractivity contribution in [2.45, 2.75) is 90.9 Å². The van der Waals surface area contributed by atoms with Crippen LogP contribution in [0.25, 0.3) is 0 Å². The molecule has 0 aliphatic rings. The van der Waals surface area contributed by atoms with Crippen molar-refractivity contribution in [2.24, 2.45) is 0 Å². The van der Waals surface area contributed by atoms with Gasteiger partial charge >= 0.3 is 0 Å². The molecule has 0 N–H and O–H groups in total. The summed E-state index contributed by atoms with van der Waals surface area (Å²) in [6, 6.07) is 0. The summed E-state index contributed by atoms with van der Waals surface area (Å²) < 4.78 is 0. The smallest absolute Gasteiger partial charge is 0.0533 e.